The van der Waals surface area contributed by atoms with Gasteiger partial charge in [-0.1, -0.05) is 0 Å². The normalized spacial score (nSPS) is 27.4. The highest BCUT2D eigenvalue weighted by atomic mass is 19.4. The summed E-state index contributed by atoms with van der Waals surface area (Å²) in [5, 5.41) is 0. The van der Waals surface area contributed by atoms with E-state index in [0.717, 1.165) is 0 Å². The Morgan fingerprint density at radius 2 is 2.09 bits per heavy atom. The number of halogens is 3. The van der Waals surface area contributed by atoms with Crippen molar-refractivity contribution in [2.24, 2.45) is 0 Å². The van der Waals surface area contributed by atoms with Gasteiger partial charge in [-0.25, -0.2) is 4.90 Å². The summed E-state index contributed by atoms with van der Waals surface area (Å²) in [7, 11) is 0. The molecule has 0 aromatic carbocycles. The van der Waals surface area contributed by atoms with Gasteiger partial charge >= 0.3 is 6.30 Å². The third-order valence-electron chi connectivity index (χ3n) is 1.78. The molecule has 2 nitrogen and oxygen atoms in total. The van der Waals surface area contributed by atoms with Crippen LogP contribution in [0.15, 0.2) is 0 Å². The van der Waals surface area contributed by atoms with Crippen LogP contribution < -0.4 is 0 Å². The van der Waals surface area contributed by atoms with Gasteiger partial charge in [0.2, 0.25) is 0 Å². The molecule has 1 saturated heterocycles. The molecule has 5 heteroatoms. The lowest BCUT2D eigenvalue weighted by molar-refractivity contribution is -0.246. The summed E-state index contributed by atoms with van der Waals surface area (Å²) in [6.45, 7) is -0.0487. The highest BCUT2D eigenvalue weighted by Crippen LogP contribution is 2.29. The van der Waals surface area contributed by atoms with Crippen molar-refractivity contribution in [3.63, 3.8) is 0 Å². The zero-order chi connectivity index (χ0) is 8.48. The molecule has 1 rings (SSSR count). The molecule has 0 spiro atoms. The lowest BCUT2D eigenvalue weighted by atomic mass is 10.2. The average molecular weight is 167 g/mol. The van der Waals surface area contributed by atoms with Crippen molar-refractivity contribution in [1.29, 1.82) is 0 Å². The van der Waals surface area contributed by atoms with Gasteiger partial charge in [0.15, 0.2) is 0 Å². The van der Waals surface area contributed by atoms with E-state index >= 15 is 0 Å². The summed E-state index contributed by atoms with van der Waals surface area (Å²) >= 11 is 0. The topological polar surface area (TPSA) is 20.3 Å². The zero-order valence-corrected chi connectivity index (χ0v) is 5.77. The number of alkyl halides is 3. The first-order chi connectivity index (χ1) is 5.05. The van der Waals surface area contributed by atoms with Crippen LogP contribution in [0.5, 0.6) is 0 Å². The summed E-state index contributed by atoms with van der Waals surface area (Å²) in [6, 6.07) is -0.949. The minimum Gasteiger partial charge on any atom is -0.302 e. The Bertz CT molecular complexity index is 156. The molecule has 1 aliphatic rings. The van der Waals surface area contributed by atoms with Gasteiger partial charge in [-0.3, -0.25) is 0 Å². The highest BCUT2D eigenvalue weighted by Gasteiger charge is 2.44. The van der Waals surface area contributed by atoms with Crippen LogP contribution in [0.4, 0.5) is 13.2 Å². The summed E-state index contributed by atoms with van der Waals surface area (Å²) < 4.78 is 35.9. The second-order valence-corrected chi connectivity index (χ2v) is 2.51. The largest absolute Gasteiger partial charge is 0.460 e. The summed E-state index contributed by atoms with van der Waals surface area (Å²) in [4.78, 5) is 10.4. The number of hydrogen-bond donors (Lipinski definition) is 0. The number of nitrogens with zero attached hydrogens (tertiary/aromatic N) is 1. The molecule has 0 N–H and O–H groups in total. The average Bonchev–Trinajstić information content (AvgIpc) is 2.31. The van der Waals surface area contributed by atoms with Crippen molar-refractivity contribution in [3.05, 3.63) is 0 Å². The minimum absolute atomic E-state index is 0.0487. The molecule has 0 amide bonds. The molecule has 1 unspecified atom stereocenters. The monoisotopic (exact) mass is 167 g/mol. The first-order valence-corrected chi connectivity index (χ1v) is 3.34. The van der Waals surface area contributed by atoms with Crippen molar-refractivity contribution in [3.8, 4) is 0 Å². The molecule has 1 atom stereocenters. The molecular formula is C6H8F3NO. The third-order valence-corrected chi connectivity index (χ3v) is 1.78. The Kier molecular flexibility index (Phi) is 2.17. The predicted molar refractivity (Wildman–Crippen MR) is 31.8 cm³/mol. The Morgan fingerprint density at radius 1 is 1.45 bits per heavy atom. The van der Waals surface area contributed by atoms with Gasteiger partial charge in [0, 0.05) is 6.54 Å². The van der Waals surface area contributed by atoms with E-state index in [4.69, 9.17) is 0 Å². The van der Waals surface area contributed by atoms with Crippen LogP contribution >= 0.6 is 0 Å². The number of carbonyl (C=O) groups excluding carboxylic acids is 1. The summed E-state index contributed by atoms with van der Waals surface area (Å²) in [5.41, 5.74) is 0. The van der Waals surface area contributed by atoms with Crippen LogP contribution in [0.2, 0.25) is 0 Å². The Hall–Kier alpha value is -0.580. The Balaban J connectivity index is 2.63. The van der Waals surface area contributed by atoms with Crippen molar-refractivity contribution in [2.75, 3.05) is 6.54 Å². The fourth-order valence-corrected chi connectivity index (χ4v) is 1.25. The molecule has 0 aromatic heterocycles. The van der Waals surface area contributed by atoms with Crippen LogP contribution in [0.3, 0.4) is 0 Å². The van der Waals surface area contributed by atoms with Crippen LogP contribution in [-0.2, 0) is 4.79 Å². The van der Waals surface area contributed by atoms with Crippen LogP contribution in [0.25, 0.3) is 0 Å². The summed E-state index contributed by atoms with van der Waals surface area (Å²) in [6.07, 6.45) is -3.21. The maximum Gasteiger partial charge on any atom is 0.460 e. The third kappa shape index (κ3) is 1.71. The van der Waals surface area contributed by atoms with Gasteiger partial charge in [-0.2, -0.15) is 13.2 Å². The van der Waals surface area contributed by atoms with E-state index in [9.17, 15) is 18.0 Å². The van der Waals surface area contributed by atoms with E-state index in [1.807, 2.05) is 0 Å². The zero-order valence-electron chi connectivity index (χ0n) is 5.77. The Labute approximate surface area is 62.0 Å². The van der Waals surface area contributed by atoms with Crippen molar-refractivity contribution >= 4 is 6.29 Å². The molecule has 1 heterocycles. The van der Waals surface area contributed by atoms with Gasteiger partial charge < -0.3 is 4.79 Å². The first-order valence-electron chi connectivity index (χ1n) is 3.34. The van der Waals surface area contributed by atoms with Crippen LogP contribution in [0.1, 0.15) is 12.8 Å². The lowest BCUT2D eigenvalue weighted by Gasteiger charge is -2.22. The summed E-state index contributed by atoms with van der Waals surface area (Å²) in [5.74, 6) is 0. The van der Waals surface area contributed by atoms with E-state index in [-0.39, 0.29) is 11.4 Å². The van der Waals surface area contributed by atoms with Gasteiger partial charge in [-0.05, 0) is 12.8 Å². The molecule has 0 aliphatic carbocycles. The lowest BCUT2D eigenvalue weighted by Crippen LogP contribution is -2.42. The van der Waals surface area contributed by atoms with E-state index in [1.165, 1.54) is 0 Å². The first kappa shape index (κ1) is 8.52. The van der Waals surface area contributed by atoms with Gasteiger partial charge in [0.1, 0.15) is 6.29 Å². The highest BCUT2D eigenvalue weighted by molar-refractivity contribution is 5.58. The molecule has 0 saturated carbocycles. The van der Waals surface area contributed by atoms with E-state index in [0.29, 0.717) is 19.1 Å². The van der Waals surface area contributed by atoms with Gasteiger partial charge in [0.05, 0.1) is 6.04 Å². The van der Waals surface area contributed by atoms with Crippen molar-refractivity contribution in [1.82, 2.24) is 4.90 Å². The molecule has 11 heavy (non-hydrogen) atoms. The van der Waals surface area contributed by atoms with Gasteiger partial charge in [0.25, 0.3) is 0 Å². The van der Waals surface area contributed by atoms with E-state index in [2.05, 4.69) is 0 Å². The molecule has 0 bridgehead atoms. The maximum atomic E-state index is 12.0. The standard InChI is InChI=1S/C6H8F3NO/c7-6(8,9)10-3-1-2-5(10)4-11/h4-5H,1-3H2. The minimum atomic E-state index is -4.35. The smallest absolute Gasteiger partial charge is 0.302 e. The maximum absolute atomic E-state index is 12.0. The second-order valence-electron chi connectivity index (χ2n) is 2.51. The van der Waals surface area contributed by atoms with Crippen molar-refractivity contribution < 1.29 is 18.0 Å². The number of hydrogen-bond acceptors (Lipinski definition) is 2. The number of likely N-dealkylation sites (tertiary alicyclic amines) is 1. The van der Waals surface area contributed by atoms with Gasteiger partial charge in [-0.15, -0.1) is 0 Å². The molecular weight excluding hydrogens is 159 g/mol. The number of carbonyl (C=O) groups is 1. The quantitative estimate of drug-likeness (QED) is 0.431. The molecule has 1 fully saturated rings. The van der Waals surface area contributed by atoms with E-state index < -0.39 is 12.3 Å². The predicted octanol–water partition coefficient (Wildman–Crippen LogP) is 1.17. The SMILES string of the molecule is O=CC1CCCN1C(F)(F)F. The second kappa shape index (κ2) is 2.81. The fraction of sp³-hybridized carbons (Fsp3) is 0.833. The number of rotatable bonds is 1. The fourth-order valence-electron chi connectivity index (χ4n) is 1.25. The van der Waals surface area contributed by atoms with E-state index in [1.54, 1.807) is 0 Å². The molecule has 0 aromatic rings. The van der Waals surface area contributed by atoms with Crippen molar-refractivity contribution in [2.45, 2.75) is 25.2 Å². The Morgan fingerprint density at radius 3 is 2.45 bits per heavy atom. The molecule has 64 valence electrons. The number of aldehydes is 1. The molecule has 0 radical (unpaired) electrons. The van der Waals surface area contributed by atoms with Crippen LogP contribution in [0, 0.1) is 0 Å². The van der Waals surface area contributed by atoms with Crippen LogP contribution in [-0.4, -0.2) is 30.1 Å². The molecule has 1 aliphatic heterocycles.